The van der Waals surface area contributed by atoms with Gasteiger partial charge in [-0.25, -0.2) is 4.79 Å². The highest BCUT2D eigenvalue weighted by Gasteiger charge is 2.18. The van der Waals surface area contributed by atoms with E-state index in [2.05, 4.69) is 6.07 Å². The fourth-order valence-corrected chi connectivity index (χ4v) is 3.38. The van der Waals surface area contributed by atoms with E-state index in [1.165, 1.54) is 22.7 Å². The molecular weight excluding hydrogens is 242 g/mol. The number of hydrogen-bond donors (Lipinski definition) is 0. The number of carbonyl (C=O) groups is 1. The second-order valence-corrected chi connectivity index (χ2v) is 5.54. The Morgan fingerprint density at radius 1 is 1.44 bits per heavy atom. The van der Waals surface area contributed by atoms with Crippen LogP contribution in [0.15, 0.2) is 10.8 Å². The van der Waals surface area contributed by atoms with E-state index in [4.69, 9.17) is 10.00 Å². The van der Waals surface area contributed by atoms with Gasteiger partial charge in [-0.15, -0.1) is 22.7 Å². The fraction of sp³-hybridized carbons (Fsp3) is 0.273. The zero-order valence-corrected chi connectivity index (χ0v) is 10.4. The van der Waals surface area contributed by atoms with Gasteiger partial charge in [0.25, 0.3) is 0 Å². The van der Waals surface area contributed by atoms with Crippen LogP contribution in [0.4, 0.5) is 0 Å². The van der Waals surface area contributed by atoms with Gasteiger partial charge in [-0.2, -0.15) is 5.26 Å². The number of thiophene rings is 2. The quantitative estimate of drug-likeness (QED) is 0.769. The Kier molecular flexibility index (Phi) is 2.95. The smallest absolute Gasteiger partial charge is 0.339 e. The molecular formula is C11H9NO2S2. The maximum Gasteiger partial charge on any atom is 0.339 e. The van der Waals surface area contributed by atoms with Crippen LogP contribution in [0.25, 0.3) is 9.40 Å². The van der Waals surface area contributed by atoms with E-state index in [0.717, 1.165) is 9.40 Å². The van der Waals surface area contributed by atoms with Crippen molar-refractivity contribution >= 4 is 38.0 Å². The maximum atomic E-state index is 11.8. The first-order valence-corrected chi connectivity index (χ1v) is 6.49. The minimum atomic E-state index is -0.351. The molecule has 0 bridgehead atoms. The average molecular weight is 251 g/mol. The van der Waals surface area contributed by atoms with E-state index >= 15 is 0 Å². The predicted molar refractivity (Wildman–Crippen MR) is 65.0 cm³/mol. The van der Waals surface area contributed by atoms with E-state index in [-0.39, 0.29) is 12.1 Å². The van der Waals surface area contributed by atoms with Crippen molar-refractivity contribution < 1.29 is 9.53 Å². The first-order valence-electron chi connectivity index (χ1n) is 4.73. The van der Waals surface area contributed by atoms with Gasteiger partial charge in [0.2, 0.25) is 0 Å². The van der Waals surface area contributed by atoms with Crippen LogP contribution in [0.2, 0.25) is 0 Å². The highest BCUT2D eigenvalue weighted by molar-refractivity contribution is 7.37. The van der Waals surface area contributed by atoms with Crippen molar-refractivity contribution in [3.05, 3.63) is 21.9 Å². The maximum absolute atomic E-state index is 11.8. The Bertz CT molecular complexity index is 574. The van der Waals surface area contributed by atoms with Crippen molar-refractivity contribution in [2.75, 3.05) is 0 Å². The number of carbonyl (C=O) groups excluding carboxylic acids is 1. The third-order valence-electron chi connectivity index (χ3n) is 1.99. The van der Waals surface area contributed by atoms with Gasteiger partial charge in [-0.3, -0.25) is 0 Å². The molecule has 16 heavy (non-hydrogen) atoms. The highest BCUT2D eigenvalue weighted by atomic mass is 32.2. The molecule has 0 aliphatic rings. The second-order valence-electron chi connectivity index (χ2n) is 3.53. The van der Waals surface area contributed by atoms with Crippen molar-refractivity contribution in [2.45, 2.75) is 20.0 Å². The summed E-state index contributed by atoms with van der Waals surface area (Å²) >= 11 is 2.96. The summed E-state index contributed by atoms with van der Waals surface area (Å²) in [4.78, 5) is 11.8. The number of fused-ring (bicyclic) bond motifs is 1. The lowest BCUT2D eigenvalue weighted by molar-refractivity contribution is 0.0381. The monoisotopic (exact) mass is 251 g/mol. The lowest BCUT2D eigenvalue weighted by atomic mass is 10.2. The molecule has 0 amide bonds. The summed E-state index contributed by atoms with van der Waals surface area (Å²) in [6.45, 7) is 3.61. The largest absolute Gasteiger partial charge is 0.459 e. The molecule has 2 aromatic heterocycles. The van der Waals surface area contributed by atoms with Crippen LogP contribution in [0.3, 0.4) is 0 Å². The van der Waals surface area contributed by atoms with Crippen LogP contribution in [0.5, 0.6) is 0 Å². The molecule has 0 aliphatic heterocycles. The molecule has 0 unspecified atom stereocenters. The van der Waals surface area contributed by atoms with Crippen LogP contribution >= 0.6 is 22.7 Å². The number of ether oxygens (including phenoxy) is 1. The highest BCUT2D eigenvalue weighted by Crippen LogP contribution is 2.34. The number of esters is 1. The summed E-state index contributed by atoms with van der Waals surface area (Å²) in [7, 11) is 0. The minimum absolute atomic E-state index is 0.147. The van der Waals surface area contributed by atoms with Crippen LogP contribution in [0.1, 0.15) is 29.8 Å². The topological polar surface area (TPSA) is 50.1 Å². The SMILES string of the molecule is CC(C)OC(=O)c1csc2scc(C#N)c12. The number of rotatable bonds is 2. The summed E-state index contributed by atoms with van der Waals surface area (Å²) in [5, 5.41) is 13.2. The Balaban J connectivity index is 2.49. The Morgan fingerprint density at radius 2 is 2.12 bits per heavy atom. The van der Waals surface area contributed by atoms with Crippen molar-refractivity contribution in [3.8, 4) is 6.07 Å². The van der Waals surface area contributed by atoms with Gasteiger partial charge in [0.05, 0.1) is 21.2 Å². The molecule has 2 aromatic rings. The molecule has 0 spiro atoms. The van der Waals surface area contributed by atoms with E-state index in [1.54, 1.807) is 24.6 Å². The molecule has 0 aromatic carbocycles. The molecule has 3 nitrogen and oxygen atoms in total. The molecule has 0 atom stereocenters. The first kappa shape index (κ1) is 11.1. The van der Waals surface area contributed by atoms with Gasteiger partial charge in [-0.1, -0.05) is 0 Å². The number of nitriles is 1. The zero-order chi connectivity index (χ0) is 11.7. The number of nitrogens with zero attached hydrogens (tertiary/aromatic N) is 1. The fourth-order valence-electron chi connectivity index (χ4n) is 1.36. The Hall–Kier alpha value is -1.38. The van der Waals surface area contributed by atoms with E-state index in [0.29, 0.717) is 11.1 Å². The predicted octanol–water partition coefficient (Wildman–Crippen LogP) is 3.40. The molecule has 0 saturated heterocycles. The van der Waals surface area contributed by atoms with E-state index in [1.807, 2.05) is 0 Å². The lowest BCUT2D eigenvalue weighted by Gasteiger charge is -2.06. The molecule has 0 aliphatic carbocycles. The third kappa shape index (κ3) is 1.82. The van der Waals surface area contributed by atoms with E-state index in [9.17, 15) is 4.79 Å². The summed E-state index contributed by atoms with van der Waals surface area (Å²) in [5.74, 6) is -0.351. The van der Waals surface area contributed by atoms with Gasteiger partial charge in [-0.05, 0) is 13.8 Å². The molecule has 0 radical (unpaired) electrons. The van der Waals surface area contributed by atoms with Crippen LogP contribution in [0, 0.1) is 11.3 Å². The molecule has 5 heteroatoms. The molecule has 82 valence electrons. The van der Waals surface area contributed by atoms with Crippen molar-refractivity contribution in [2.24, 2.45) is 0 Å². The molecule has 0 fully saturated rings. The first-order chi connectivity index (χ1) is 7.63. The Labute approximate surface area is 101 Å². The van der Waals surface area contributed by atoms with Gasteiger partial charge in [0.1, 0.15) is 6.07 Å². The van der Waals surface area contributed by atoms with Gasteiger partial charge in [0, 0.05) is 16.1 Å². The van der Waals surface area contributed by atoms with Crippen LogP contribution in [-0.2, 0) is 4.74 Å². The zero-order valence-electron chi connectivity index (χ0n) is 8.81. The third-order valence-corrected chi connectivity index (χ3v) is 4.11. The molecule has 0 saturated carbocycles. The molecule has 0 N–H and O–H groups in total. The summed E-state index contributed by atoms with van der Waals surface area (Å²) < 4.78 is 6.13. The summed E-state index contributed by atoms with van der Waals surface area (Å²) in [6.07, 6.45) is -0.147. The van der Waals surface area contributed by atoms with Gasteiger partial charge < -0.3 is 4.74 Å². The number of hydrogen-bond acceptors (Lipinski definition) is 5. The van der Waals surface area contributed by atoms with Crippen molar-refractivity contribution in [3.63, 3.8) is 0 Å². The second kappa shape index (κ2) is 4.24. The van der Waals surface area contributed by atoms with E-state index < -0.39 is 0 Å². The molecule has 2 heterocycles. The molecule has 2 rings (SSSR count). The summed E-state index contributed by atoms with van der Waals surface area (Å²) in [6, 6.07) is 2.09. The van der Waals surface area contributed by atoms with Crippen LogP contribution in [-0.4, -0.2) is 12.1 Å². The van der Waals surface area contributed by atoms with Gasteiger partial charge in [0.15, 0.2) is 0 Å². The minimum Gasteiger partial charge on any atom is -0.459 e. The summed E-state index contributed by atoms with van der Waals surface area (Å²) in [5.41, 5.74) is 1.06. The van der Waals surface area contributed by atoms with Crippen molar-refractivity contribution in [1.29, 1.82) is 5.26 Å². The average Bonchev–Trinajstić information content (AvgIpc) is 2.75. The normalized spacial score (nSPS) is 10.6. The standard InChI is InChI=1S/C11H9NO2S2/c1-6(2)14-10(13)8-5-16-11-9(8)7(3-12)4-15-11/h4-6H,1-2H3. The Morgan fingerprint density at radius 3 is 2.75 bits per heavy atom. The van der Waals surface area contributed by atoms with Crippen molar-refractivity contribution in [1.82, 2.24) is 0 Å². The van der Waals surface area contributed by atoms with Crippen LogP contribution < -0.4 is 0 Å². The van der Waals surface area contributed by atoms with Gasteiger partial charge >= 0.3 is 5.97 Å². The lowest BCUT2D eigenvalue weighted by Crippen LogP contribution is -2.11.